The molecule has 1 saturated heterocycles. The number of hydrogen-bond donors (Lipinski definition) is 1. The zero-order chi connectivity index (χ0) is 16.9. The van der Waals surface area contributed by atoms with E-state index in [2.05, 4.69) is 31.1 Å². The van der Waals surface area contributed by atoms with Gasteiger partial charge in [-0.3, -0.25) is 14.7 Å². The fourth-order valence-electron chi connectivity index (χ4n) is 2.76. The third-order valence-corrected chi connectivity index (χ3v) is 4.43. The van der Waals surface area contributed by atoms with E-state index < -0.39 is 0 Å². The molecule has 1 amide bonds. The third-order valence-electron chi connectivity index (χ3n) is 4.00. The molecule has 24 heavy (non-hydrogen) atoms. The van der Waals surface area contributed by atoms with Crippen molar-refractivity contribution in [3.05, 3.63) is 52.1 Å². The summed E-state index contributed by atoms with van der Waals surface area (Å²) in [6.07, 6.45) is 3.21. The number of rotatable bonds is 5. The molecule has 0 aromatic carbocycles. The molecule has 1 fully saturated rings. The summed E-state index contributed by atoms with van der Waals surface area (Å²) in [5.74, 6) is 1.58. The van der Waals surface area contributed by atoms with Crippen LogP contribution in [-0.2, 0) is 4.74 Å². The van der Waals surface area contributed by atoms with Crippen LogP contribution in [0.4, 0.5) is 0 Å². The summed E-state index contributed by atoms with van der Waals surface area (Å²) < 4.78 is 12.0. The van der Waals surface area contributed by atoms with Crippen molar-refractivity contribution in [2.75, 3.05) is 32.8 Å². The number of halogens is 1. The van der Waals surface area contributed by atoms with Crippen molar-refractivity contribution in [3.63, 3.8) is 0 Å². The van der Waals surface area contributed by atoms with E-state index in [9.17, 15) is 4.79 Å². The zero-order valence-corrected chi connectivity index (χ0v) is 15.1. The van der Waals surface area contributed by atoms with E-state index in [1.807, 2.05) is 19.1 Å². The van der Waals surface area contributed by atoms with Crippen LogP contribution >= 0.6 is 15.9 Å². The normalized spacial score (nSPS) is 16.8. The molecule has 1 atom stereocenters. The molecule has 6 nitrogen and oxygen atoms in total. The van der Waals surface area contributed by atoms with Gasteiger partial charge in [-0.15, -0.1) is 0 Å². The molecule has 2 aromatic rings. The van der Waals surface area contributed by atoms with Crippen LogP contribution in [0, 0.1) is 6.92 Å². The maximum Gasteiger partial charge on any atom is 0.252 e. The van der Waals surface area contributed by atoms with Crippen molar-refractivity contribution in [2.24, 2.45) is 0 Å². The molecule has 0 aliphatic carbocycles. The van der Waals surface area contributed by atoms with Crippen molar-refractivity contribution in [3.8, 4) is 0 Å². The molecule has 0 radical (unpaired) electrons. The summed E-state index contributed by atoms with van der Waals surface area (Å²) in [6, 6.07) is 5.67. The lowest BCUT2D eigenvalue weighted by Crippen LogP contribution is -2.43. The van der Waals surface area contributed by atoms with E-state index in [0.29, 0.717) is 25.3 Å². The summed E-state index contributed by atoms with van der Waals surface area (Å²) in [5.41, 5.74) is 0.528. The molecule has 1 aliphatic rings. The molecule has 3 rings (SSSR count). The Morgan fingerprint density at radius 3 is 2.83 bits per heavy atom. The average Bonchev–Trinajstić information content (AvgIpc) is 3.02. The van der Waals surface area contributed by atoms with Crippen LogP contribution in [0.2, 0.25) is 0 Å². The number of nitrogens with zero attached hydrogens (tertiary/aromatic N) is 2. The van der Waals surface area contributed by atoms with Gasteiger partial charge in [0.05, 0.1) is 24.8 Å². The predicted molar refractivity (Wildman–Crippen MR) is 92.8 cm³/mol. The summed E-state index contributed by atoms with van der Waals surface area (Å²) in [6.45, 7) is 5.42. The van der Waals surface area contributed by atoms with Gasteiger partial charge < -0.3 is 14.5 Å². The first-order valence-corrected chi connectivity index (χ1v) is 8.69. The Balaban J connectivity index is 1.70. The minimum absolute atomic E-state index is 0.00772. The quantitative estimate of drug-likeness (QED) is 0.845. The first-order chi connectivity index (χ1) is 11.6. The lowest BCUT2D eigenvalue weighted by molar-refractivity contribution is 0.0117. The van der Waals surface area contributed by atoms with Gasteiger partial charge in [-0.05, 0) is 41.1 Å². The number of carbonyl (C=O) groups is 1. The summed E-state index contributed by atoms with van der Waals surface area (Å²) >= 11 is 3.33. The smallest absolute Gasteiger partial charge is 0.252 e. The minimum Gasteiger partial charge on any atom is -0.465 e. The molecule has 0 bridgehead atoms. The number of carbonyl (C=O) groups excluding carboxylic acids is 1. The van der Waals surface area contributed by atoms with Gasteiger partial charge >= 0.3 is 0 Å². The van der Waals surface area contributed by atoms with Crippen molar-refractivity contribution >= 4 is 21.8 Å². The van der Waals surface area contributed by atoms with Gasteiger partial charge in [0, 0.05) is 36.5 Å². The van der Waals surface area contributed by atoms with E-state index >= 15 is 0 Å². The predicted octanol–water partition coefficient (Wildman–Crippen LogP) is 2.55. The molecule has 0 spiro atoms. The molecule has 0 saturated carbocycles. The first-order valence-electron chi connectivity index (χ1n) is 7.90. The molecule has 3 heterocycles. The zero-order valence-electron chi connectivity index (χ0n) is 13.5. The highest BCUT2D eigenvalue weighted by atomic mass is 79.9. The minimum atomic E-state index is -0.148. The number of aromatic nitrogens is 1. The molecule has 1 N–H and O–H groups in total. The first kappa shape index (κ1) is 17.1. The second-order valence-electron chi connectivity index (χ2n) is 5.71. The SMILES string of the molecule is Cc1ccc(C(CNC(=O)c2cncc(Br)c2)N2CCOCC2)o1. The van der Waals surface area contributed by atoms with Gasteiger partial charge in [0.25, 0.3) is 5.91 Å². The van der Waals surface area contributed by atoms with Crippen LogP contribution in [0.25, 0.3) is 0 Å². The molecule has 2 aromatic heterocycles. The highest BCUT2D eigenvalue weighted by Gasteiger charge is 2.25. The standard InChI is InChI=1S/C17H20BrN3O3/c1-12-2-3-16(24-12)15(21-4-6-23-7-5-21)11-20-17(22)13-8-14(18)10-19-9-13/h2-3,8-10,15H,4-7,11H2,1H3,(H,20,22). The Morgan fingerprint density at radius 2 is 2.17 bits per heavy atom. The Labute approximate surface area is 149 Å². The number of pyridine rings is 1. The van der Waals surface area contributed by atoms with Crippen molar-refractivity contribution < 1.29 is 13.9 Å². The Kier molecular flexibility index (Phi) is 5.65. The van der Waals surface area contributed by atoms with Gasteiger partial charge in [0.2, 0.25) is 0 Å². The third kappa shape index (κ3) is 4.23. The monoisotopic (exact) mass is 393 g/mol. The van der Waals surface area contributed by atoms with E-state index in [1.165, 1.54) is 0 Å². The van der Waals surface area contributed by atoms with E-state index in [-0.39, 0.29) is 11.9 Å². The molecular formula is C17H20BrN3O3. The molecule has 128 valence electrons. The number of nitrogens with one attached hydrogen (secondary N) is 1. The fourth-order valence-corrected chi connectivity index (χ4v) is 3.12. The van der Waals surface area contributed by atoms with E-state index in [0.717, 1.165) is 29.1 Å². The van der Waals surface area contributed by atoms with Crippen molar-refractivity contribution in [2.45, 2.75) is 13.0 Å². The molecule has 1 aliphatic heterocycles. The van der Waals surface area contributed by atoms with Crippen molar-refractivity contribution in [1.82, 2.24) is 15.2 Å². The van der Waals surface area contributed by atoms with Gasteiger partial charge in [-0.25, -0.2) is 0 Å². The topological polar surface area (TPSA) is 67.6 Å². The second-order valence-corrected chi connectivity index (χ2v) is 6.63. The fraction of sp³-hybridized carbons (Fsp3) is 0.412. The van der Waals surface area contributed by atoms with E-state index in [1.54, 1.807) is 18.5 Å². The van der Waals surface area contributed by atoms with Crippen LogP contribution in [0.1, 0.15) is 27.9 Å². The average molecular weight is 394 g/mol. The summed E-state index contributed by atoms with van der Waals surface area (Å²) in [5, 5.41) is 2.99. The number of ether oxygens (including phenoxy) is 1. The molecule has 1 unspecified atom stereocenters. The van der Waals surface area contributed by atoms with Crippen LogP contribution < -0.4 is 5.32 Å². The molecule has 7 heteroatoms. The Hall–Kier alpha value is -1.70. The van der Waals surface area contributed by atoms with Gasteiger partial charge in [0.1, 0.15) is 11.5 Å². The van der Waals surface area contributed by atoms with Gasteiger partial charge in [-0.2, -0.15) is 0 Å². The maximum atomic E-state index is 12.4. The molecular weight excluding hydrogens is 374 g/mol. The summed E-state index contributed by atoms with van der Waals surface area (Å²) in [4.78, 5) is 18.7. The second kappa shape index (κ2) is 7.92. The Morgan fingerprint density at radius 1 is 1.38 bits per heavy atom. The lowest BCUT2D eigenvalue weighted by atomic mass is 10.1. The number of morpholine rings is 1. The van der Waals surface area contributed by atoms with Crippen LogP contribution in [0.5, 0.6) is 0 Å². The highest BCUT2D eigenvalue weighted by Crippen LogP contribution is 2.23. The largest absolute Gasteiger partial charge is 0.465 e. The van der Waals surface area contributed by atoms with Crippen LogP contribution in [-0.4, -0.2) is 48.6 Å². The van der Waals surface area contributed by atoms with Gasteiger partial charge in [0.15, 0.2) is 0 Å². The van der Waals surface area contributed by atoms with Gasteiger partial charge in [-0.1, -0.05) is 0 Å². The van der Waals surface area contributed by atoms with E-state index in [4.69, 9.17) is 9.15 Å². The highest BCUT2D eigenvalue weighted by molar-refractivity contribution is 9.10. The summed E-state index contributed by atoms with van der Waals surface area (Å²) in [7, 11) is 0. The lowest BCUT2D eigenvalue weighted by Gasteiger charge is -2.33. The maximum absolute atomic E-state index is 12.4. The number of hydrogen-bond acceptors (Lipinski definition) is 5. The number of furan rings is 1. The number of aryl methyl sites for hydroxylation is 1. The van der Waals surface area contributed by atoms with Crippen molar-refractivity contribution in [1.29, 1.82) is 0 Å². The van der Waals surface area contributed by atoms with Crippen LogP contribution in [0.3, 0.4) is 0 Å². The Bertz CT molecular complexity index is 698. The number of amides is 1. The van der Waals surface area contributed by atoms with Crippen LogP contribution in [0.15, 0.2) is 39.5 Å².